The van der Waals surface area contributed by atoms with Crippen molar-refractivity contribution in [3.63, 3.8) is 0 Å². The van der Waals surface area contributed by atoms with Gasteiger partial charge in [-0.3, -0.25) is 38.6 Å². The molecular formula is C23H18ClN5O4. The van der Waals surface area contributed by atoms with Gasteiger partial charge in [-0.15, -0.1) is 0 Å². The van der Waals surface area contributed by atoms with Crippen molar-refractivity contribution in [3.8, 4) is 0 Å². The maximum atomic E-state index is 12.9. The van der Waals surface area contributed by atoms with Crippen LogP contribution in [-0.2, 0) is 6.54 Å². The second-order valence-corrected chi connectivity index (χ2v) is 8.20. The van der Waals surface area contributed by atoms with Crippen molar-refractivity contribution in [1.82, 2.24) is 24.5 Å². The fourth-order valence-electron chi connectivity index (χ4n) is 4.03. The van der Waals surface area contributed by atoms with E-state index in [-0.39, 0.29) is 13.3 Å². The van der Waals surface area contributed by atoms with Crippen LogP contribution in [0.2, 0.25) is 5.02 Å². The van der Waals surface area contributed by atoms with Gasteiger partial charge in [-0.05, 0) is 24.3 Å². The van der Waals surface area contributed by atoms with Gasteiger partial charge >= 0.3 is 0 Å². The van der Waals surface area contributed by atoms with E-state index in [0.29, 0.717) is 40.4 Å². The Kier molecular flexibility index (Phi) is 5.27. The quantitative estimate of drug-likeness (QED) is 0.499. The number of halogens is 1. The minimum atomic E-state index is -0.412. The first-order chi connectivity index (χ1) is 15.9. The number of aromatic nitrogens is 2. The smallest absolute Gasteiger partial charge is 0.262 e. The van der Waals surface area contributed by atoms with Crippen molar-refractivity contribution >= 4 is 35.2 Å². The Morgan fingerprint density at radius 1 is 0.727 bits per heavy atom. The molecule has 2 aliphatic heterocycles. The van der Waals surface area contributed by atoms with Gasteiger partial charge in [0.2, 0.25) is 0 Å². The standard InChI is InChI=1S/C23H18ClN5O4/c24-15-11-25-27(12-15)10-9-26(13-28-20(30)16-5-1-2-6-17(16)21(28)31)14-29-22(32)18-7-3-4-8-19(18)23(29)33/h1-8,11-12H,9-10,13-14H2. The Morgan fingerprint density at radius 3 is 1.52 bits per heavy atom. The van der Waals surface area contributed by atoms with E-state index in [1.54, 1.807) is 64.3 Å². The van der Waals surface area contributed by atoms with Crippen LogP contribution in [0.3, 0.4) is 0 Å². The van der Waals surface area contributed by atoms with Crippen LogP contribution in [0.1, 0.15) is 41.4 Å². The van der Waals surface area contributed by atoms with E-state index in [2.05, 4.69) is 5.10 Å². The van der Waals surface area contributed by atoms with Crippen molar-refractivity contribution in [3.05, 3.63) is 88.2 Å². The zero-order chi connectivity index (χ0) is 23.1. The predicted molar refractivity (Wildman–Crippen MR) is 118 cm³/mol. The van der Waals surface area contributed by atoms with E-state index < -0.39 is 23.6 Å². The minimum Gasteiger partial charge on any atom is -0.270 e. The number of nitrogens with zero attached hydrogens (tertiary/aromatic N) is 5. The highest BCUT2D eigenvalue weighted by atomic mass is 35.5. The number of fused-ring (bicyclic) bond motifs is 2. The molecular weight excluding hydrogens is 446 g/mol. The Hall–Kier alpha value is -3.82. The van der Waals surface area contributed by atoms with Crippen molar-refractivity contribution in [2.75, 3.05) is 19.9 Å². The number of carbonyl (C=O) groups excluding carboxylic acids is 4. The molecule has 0 aliphatic carbocycles. The highest BCUT2D eigenvalue weighted by Crippen LogP contribution is 2.25. The summed E-state index contributed by atoms with van der Waals surface area (Å²) in [7, 11) is 0. The Bertz CT molecular complexity index is 1160. The number of imide groups is 2. The average Bonchev–Trinajstić information content (AvgIpc) is 3.43. The van der Waals surface area contributed by atoms with E-state index in [9.17, 15) is 19.2 Å². The molecule has 5 rings (SSSR count). The van der Waals surface area contributed by atoms with Gasteiger partial charge in [0.25, 0.3) is 23.6 Å². The van der Waals surface area contributed by atoms with Crippen LogP contribution >= 0.6 is 11.6 Å². The lowest BCUT2D eigenvalue weighted by molar-refractivity contribution is 0.0388. The number of amides is 4. The number of rotatable bonds is 7. The van der Waals surface area contributed by atoms with Crippen molar-refractivity contribution in [2.24, 2.45) is 0 Å². The summed E-state index contributed by atoms with van der Waals surface area (Å²) in [6.45, 7) is 0.501. The first kappa shape index (κ1) is 21.0. The zero-order valence-corrected chi connectivity index (χ0v) is 18.1. The molecule has 166 valence electrons. The van der Waals surface area contributed by atoms with Crippen LogP contribution in [0.25, 0.3) is 0 Å². The predicted octanol–water partition coefficient (Wildman–Crippen LogP) is 2.35. The third kappa shape index (κ3) is 3.71. The van der Waals surface area contributed by atoms with Crippen LogP contribution in [-0.4, -0.2) is 68.0 Å². The molecule has 0 radical (unpaired) electrons. The monoisotopic (exact) mass is 463 g/mol. The van der Waals surface area contributed by atoms with Crippen LogP contribution in [0.15, 0.2) is 60.9 Å². The normalized spacial score (nSPS) is 15.1. The summed E-state index contributed by atoms with van der Waals surface area (Å²) in [6.07, 6.45) is 3.14. The lowest BCUT2D eigenvalue weighted by Gasteiger charge is -2.29. The fourth-order valence-corrected chi connectivity index (χ4v) is 4.18. The molecule has 0 fully saturated rings. The van der Waals surface area contributed by atoms with Crippen molar-refractivity contribution in [2.45, 2.75) is 6.54 Å². The van der Waals surface area contributed by atoms with E-state index in [4.69, 9.17) is 11.6 Å². The molecule has 0 unspecified atom stereocenters. The molecule has 2 aromatic carbocycles. The second-order valence-electron chi connectivity index (χ2n) is 7.77. The van der Waals surface area contributed by atoms with Gasteiger partial charge in [-0.1, -0.05) is 35.9 Å². The van der Waals surface area contributed by atoms with E-state index in [0.717, 1.165) is 9.80 Å². The molecule has 3 aromatic rings. The summed E-state index contributed by atoms with van der Waals surface area (Å²) in [5, 5.41) is 4.61. The van der Waals surface area contributed by atoms with Gasteiger partial charge in [-0.2, -0.15) is 5.10 Å². The van der Waals surface area contributed by atoms with E-state index in [1.807, 2.05) is 0 Å². The molecule has 4 amide bonds. The van der Waals surface area contributed by atoms with E-state index in [1.165, 1.54) is 6.20 Å². The molecule has 0 saturated heterocycles. The molecule has 0 bridgehead atoms. The van der Waals surface area contributed by atoms with Crippen LogP contribution in [0, 0.1) is 0 Å². The first-order valence-electron chi connectivity index (χ1n) is 10.2. The lowest BCUT2D eigenvalue weighted by Crippen LogP contribution is -2.48. The van der Waals surface area contributed by atoms with Crippen LogP contribution in [0.5, 0.6) is 0 Å². The molecule has 0 N–H and O–H groups in total. The largest absolute Gasteiger partial charge is 0.270 e. The Labute approximate surface area is 193 Å². The SMILES string of the molecule is O=C1c2ccccc2C(=O)N1CN(CCn1cc(Cl)cn1)CN1C(=O)c2ccccc2C1=O. The minimum absolute atomic E-state index is 0.0885. The van der Waals surface area contributed by atoms with Crippen molar-refractivity contribution < 1.29 is 19.2 Å². The number of carbonyl (C=O) groups is 4. The van der Waals surface area contributed by atoms with Crippen LogP contribution < -0.4 is 0 Å². The van der Waals surface area contributed by atoms with Gasteiger partial charge in [0.15, 0.2) is 0 Å². The fraction of sp³-hybridized carbons (Fsp3) is 0.174. The summed E-state index contributed by atoms with van der Waals surface area (Å²) in [4.78, 5) is 55.4. The molecule has 1 aromatic heterocycles. The Balaban J connectivity index is 1.38. The molecule has 2 aliphatic rings. The van der Waals surface area contributed by atoms with Gasteiger partial charge in [-0.25, -0.2) is 0 Å². The maximum Gasteiger partial charge on any atom is 0.262 e. The molecule has 9 nitrogen and oxygen atoms in total. The van der Waals surface area contributed by atoms with E-state index >= 15 is 0 Å². The average molecular weight is 464 g/mol. The summed E-state index contributed by atoms with van der Waals surface area (Å²) < 4.78 is 1.61. The molecule has 0 saturated carbocycles. The molecule has 10 heteroatoms. The summed E-state index contributed by atoms with van der Waals surface area (Å²) >= 11 is 5.94. The second kappa shape index (κ2) is 8.27. The lowest BCUT2D eigenvalue weighted by atomic mass is 10.1. The molecule has 0 spiro atoms. The zero-order valence-electron chi connectivity index (χ0n) is 17.3. The van der Waals surface area contributed by atoms with Gasteiger partial charge < -0.3 is 0 Å². The topological polar surface area (TPSA) is 95.8 Å². The highest BCUT2D eigenvalue weighted by Gasteiger charge is 2.39. The Morgan fingerprint density at radius 2 is 1.15 bits per heavy atom. The van der Waals surface area contributed by atoms with Gasteiger partial charge in [0, 0.05) is 12.7 Å². The van der Waals surface area contributed by atoms with Gasteiger partial charge in [0.1, 0.15) is 0 Å². The highest BCUT2D eigenvalue weighted by molar-refractivity contribution is 6.30. The number of hydrogen-bond donors (Lipinski definition) is 0. The summed E-state index contributed by atoms with van der Waals surface area (Å²) in [6, 6.07) is 13.2. The molecule has 33 heavy (non-hydrogen) atoms. The maximum absolute atomic E-state index is 12.9. The number of hydrogen-bond acceptors (Lipinski definition) is 6. The van der Waals surface area contributed by atoms with Crippen LogP contribution in [0.4, 0.5) is 0 Å². The molecule has 3 heterocycles. The molecule has 0 atom stereocenters. The van der Waals surface area contributed by atoms with Crippen molar-refractivity contribution in [1.29, 1.82) is 0 Å². The third-order valence-electron chi connectivity index (χ3n) is 5.69. The summed E-state index contributed by atoms with van der Waals surface area (Å²) in [5.41, 5.74) is 1.34. The first-order valence-corrected chi connectivity index (χ1v) is 10.6. The summed E-state index contributed by atoms with van der Waals surface area (Å²) in [5.74, 6) is -1.65. The van der Waals surface area contributed by atoms with Gasteiger partial charge in [0.05, 0.1) is 53.4 Å². The number of benzene rings is 2. The third-order valence-corrected chi connectivity index (χ3v) is 5.88.